The number of β-amino-alcohol motifs (C(OH)–C–C–N with tert-alkyl or cyclic N) is 1. The highest BCUT2D eigenvalue weighted by molar-refractivity contribution is 5.74. The number of aromatic nitrogens is 3. The van der Waals surface area contributed by atoms with Crippen molar-refractivity contribution in [1.29, 1.82) is 0 Å². The lowest BCUT2D eigenvalue weighted by Crippen LogP contribution is -2.39. The van der Waals surface area contributed by atoms with Crippen LogP contribution in [0.5, 0.6) is 0 Å². The highest BCUT2D eigenvalue weighted by Crippen LogP contribution is 2.28. The maximum atomic E-state index is 9.98. The second-order valence-corrected chi connectivity index (χ2v) is 5.56. The molecule has 1 unspecified atom stereocenters. The maximum Gasteiger partial charge on any atom is 0.162 e. The number of piperidine rings is 1. The van der Waals surface area contributed by atoms with Crippen LogP contribution in [0.15, 0.2) is 37.7 Å². The Morgan fingerprint density at radius 1 is 1.17 bits per heavy atom. The second-order valence-electron chi connectivity index (χ2n) is 5.56. The molecule has 1 fully saturated rings. The summed E-state index contributed by atoms with van der Waals surface area (Å²) < 4.78 is 0. The molecule has 5 nitrogen and oxygen atoms in total. The first-order valence-corrected chi connectivity index (χ1v) is 7.73. The standard InChI is InChI=1S/C18H20N4O/c1-3-15-16(4-2)20-17(13-7-9-19-10-8-13)21-18(15)22-11-5-6-14(23)12-22/h3-4,7-10,14,23H,1-2,5-6,11-12H2. The smallest absolute Gasteiger partial charge is 0.162 e. The fourth-order valence-corrected chi connectivity index (χ4v) is 2.84. The van der Waals surface area contributed by atoms with E-state index in [1.807, 2.05) is 12.1 Å². The lowest BCUT2D eigenvalue weighted by Gasteiger charge is -2.32. The lowest BCUT2D eigenvalue weighted by molar-refractivity contribution is 0.154. The molecular formula is C18H20N4O. The average Bonchev–Trinajstić information content (AvgIpc) is 2.61. The minimum atomic E-state index is -0.326. The molecule has 0 spiro atoms. The Bertz CT molecular complexity index is 714. The van der Waals surface area contributed by atoms with Gasteiger partial charge in [-0.3, -0.25) is 4.98 Å². The molecule has 0 bridgehead atoms. The molecule has 0 aliphatic carbocycles. The van der Waals surface area contributed by atoms with E-state index in [4.69, 9.17) is 4.98 Å². The molecule has 1 aliphatic rings. The Kier molecular flexibility index (Phi) is 4.48. The Labute approximate surface area is 136 Å². The van der Waals surface area contributed by atoms with Crippen LogP contribution in [0.2, 0.25) is 0 Å². The molecule has 118 valence electrons. The Morgan fingerprint density at radius 2 is 1.96 bits per heavy atom. The molecule has 0 amide bonds. The van der Waals surface area contributed by atoms with Crippen LogP contribution in [0.25, 0.3) is 23.5 Å². The number of hydrogen-bond donors (Lipinski definition) is 1. The second kappa shape index (κ2) is 6.71. The van der Waals surface area contributed by atoms with Crippen molar-refractivity contribution in [2.45, 2.75) is 18.9 Å². The predicted molar refractivity (Wildman–Crippen MR) is 92.9 cm³/mol. The highest BCUT2D eigenvalue weighted by Gasteiger charge is 2.23. The molecule has 0 aromatic carbocycles. The van der Waals surface area contributed by atoms with Crippen LogP contribution < -0.4 is 4.90 Å². The summed E-state index contributed by atoms with van der Waals surface area (Å²) in [5.74, 6) is 1.43. The first-order chi connectivity index (χ1) is 11.2. The third-order valence-corrected chi connectivity index (χ3v) is 3.99. The topological polar surface area (TPSA) is 62.1 Å². The van der Waals surface area contributed by atoms with Gasteiger partial charge >= 0.3 is 0 Å². The number of hydrogen-bond acceptors (Lipinski definition) is 5. The van der Waals surface area contributed by atoms with Crippen molar-refractivity contribution in [2.75, 3.05) is 18.0 Å². The van der Waals surface area contributed by atoms with E-state index in [1.165, 1.54) is 0 Å². The van der Waals surface area contributed by atoms with Crippen molar-refractivity contribution < 1.29 is 5.11 Å². The van der Waals surface area contributed by atoms with E-state index in [9.17, 15) is 5.11 Å². The average molecular weight is 308 g/mol. The van der Waals surface area contributed by atoms with Crippen LogP contribution >= 0.6 is 0 Å². The van der Waals surface area contributed by atoms with Gasteiger partial charge in [0.2, 0.25) is 0 Å². The van der Waals surface area contributed by atoms with Crippen LogP contribution in [0.1, 0.15) is 24.1 Å². The van der Waals surface area contributed by atoms with Gasteiger partial charge in [0.05, 0.1) is 11.8 Å². The van der Waals surface area contributed by atoms with Gasteiger partial charge in [0.25, 0.3) is 0 Å². The van der Waals surface area contributed by atoms with Gasteiger partial charge in [-0.05, 0) is 31.1 Å². The van der Waals surface area contributed by atoms with E-state index in [-0.39, 0.29) is 6.10 Å². The number of aliphatic hydroxyl groups is 1. The van der Waals surface area contributed by atoms with E-state index >= 15 is 0 Å². The zero-order valence-electron chi connectivity index (χ0n) is 13.0. The van der Waals surface area contributed by atoms with Crippen molar-refractivity contribution in [3.05, 3.63) is 48.9 Å². The number of aliphatic hydroxyl groups excluding tert-OH is 1. The van der Waals surface area contributed by atoms with E-state index in [2.05, 4.69) is 28.0 Å². The van der Waals surface area contributed by atoms with Gasteiger partial charge in [-0.2, -0.15) is 0 Å². The van der Waals surface area contributed by atoms with E-state index in [0.717, 1.165) is 42.0 Å². The van der Waals surface area contributed by atoms with E-state index in [1.54, 1.807) is 24.5 Å². The normalized spacial score (nSPS) is 17.8. The molecule has 23 heavy (non-hydrogen) atoms. The van der Waals surface area contributed by atoms with E-state index < -0.39 is 0 Å². The summed E-state index contributed by atoms with van der Waals surface area (Å²) in [7, 11) is 0. The molecular weight excluding hydrogens is 288 g/mol. The van der Waals surface area contributed by atoms with Crippen LogP contribution in [-0.2, 0) is 0 Å². The lowest BCUT2D eigenvalue weighted by atomic mass is 10.1. The van der Waals surface area contributed by atoms with Gasteiger partial charge in [-0.15, -0.1) is 0 Å². The molecule has 2 aromatic heterocycles. The SMILES string of the molecule is C=Cc1nc(-c2ccncc2)nc(N2CCCC(O)C2)c1C=C. The van der Waals surface area contributed by atoms with Gasteiger partial charge in [-0.25, -0.2) is 9.97 Å². The first-order valence-electron chi connectivity index (χ1n) is 7.73. The molecule has 3 heterocycles. The first kappa shape index (κ1) is 15.4. The number of rotatable bonds is 4. The fourth-order valence-electron chi connectivity index (χ4n) is 2.84. The molecule has 5 heteroatoms. The van der Waals surface area contributed by atoms with Crippen LogP contribution in [-0.4, -0.2) is 39.3 Å². The molecule has 1 atom stereocenters. The van der Waals surface area contributed by atoms with Crippen LogP contribution in [0.3, 0.4) is 0 Å². The van der Waals surface area contributed by atoms with E-state index in [0.29, 0.717) is 12.4 Å². The Hall–Kier alpha value is -2.53. The van der Waals surface area contributed by atoms with Crippen LogP contribution in [0, 0.1) is 0 Å². The third-order valence-electron chi connectivity index (χ3n) is 3.99. The molecule has 0 saturated carbocycles. The van der Waals surface area contributed by atoms with Crippen molar-refractivity contribution in [2.24, 2.45) is 0 Å². The summed E-state index contributed by atoms with van der Waals surface area (Å²) in [5.41, 5.74) is 2.50. The summed E-state index contributed by atoms with van der Waals surface area (Å²) in [6, 6.07) is 3.76. The third kappa shape index (κ3) is 3.14. The molecule has 1 aliphatic heterocycles. The van der Waals surface area contributed by atoms with Crippen molar-refractivity contribution in [3.8, 4) is 11.4 Å². The zero-order chi connectivity index (χ0) is 16.2. The van der Waals surface area contributed by atoms with Gasteiger partial charge in [0.15, 0.2) is 5.82 Å². The minimum Gasteiger partial charge on any atom is -0.391 e. The summed E-state index contributed by atoms with van der Waals surface area (Å²) in [6.45, 7) is 9.18. The Morgan fingerprint density at radius 3 is 2.61 bits per heavy atom. The quantitative estimate of drug-likeness (QED) is 0.941. The molecule has 2 aromatic rings. The summed E-state index contributed by atoms with van der Waals surface area (Å²) in [5, 5.41) is 9.98. The predicted octanol–water partition coefficient (Wildman–Crippen LogP) is 2.79. The largest absolute Gasteiger partial charge is 0.391 e. The van der Waals surface area contributed by atoms with Crippen molar-refractivity contribution in [3.63, 3.8) is 0 Å². The van der Waals surface area contributed by atoms with Gasteiger partial charge in [-0.1, -0.05) is 19.2 Å². The number of nitrogens with zero attached hydrogens (tertiary/aromatic N) is 4. The van der Waals surface area contributed by atoms with Crippen LogP contribution in [0.4, 0.5) is 5.82 Å². The minimum absolute atomic E-state index is 0.326. The maximum absolute atomic E-state index is 9.98. The molecule has 1 saturated heterocycles. The summed E-state index contributed by atoms with van der Waals surface area (Å²) in [6.07, 6.45) is 8.35. The monoisotopic (exact) mass is 308 g/mol. The zero-order valence-corrected chi connectivity index (χ0v) is 13.0. The van der Waals surface area contributed by atoms with Crippen molar-refractivity contribution >= 4 is 18.0 Å². The number of pyridine rings is 1. The van der Waals surface area contributed by atoms with Gasteiger partial charge < -0.3 is 10.0 Å². The highest BCUT2D eigenvalue weighted by atomic mass is 16.3. The fraction of sp³-hybridized carbons (Fsp3) is 0.278. The van der Waals surface area contributed by atoms with Gasteiger partial charge in [0, 0.05) is 36.6 Å². The molecule has 0 radical (unpaired) electrons. The molecule has 3 rings (SSSR count). The number of anilines is 1. The van der Waals surface area contributed by atoms with Gasteiger partial charge in [0.1, 0.15) is 5.82 Å². The molecule has 1 N–H and O–H groups in total. The summed E-state index contributed by atoms with van der Waals surface area (Å²) >= 11 is 0. The Balaban J connectivity index is 2.12. The summed E-state index contributed by atoms with van der Waals surface area (Å²) in [4.78, 5) is 15.5. The van der Waals surface area contributed by atoms with Crippen molar-refractivity contribution in [1.82, 2.24) is 15.0 Å².